The maximum atomic E-state index is 6.44. The Morgan fingerprint density at radius 2 is 0.429 bits per heavy atom. The van der Waals surface area contributed by atoms with Crippen LogP contribution in [-0.4, -0.2) is 128 Å². The van der Waals surface area contributed by atoms with E-state index < -0.39 is 58.5 Å². The molecule has 8 aromatic carbocycles. The summed E-state index contributed by atoms with van der Waals surface area (Å²) in [4.78, 5) is 0. The summed E-state index contributed by atoms with van der Waals surface area (Å²) in [5.41, 5.74) is 17.3. The van der Waals surface area contributed by atoms with Gasteiger partial charge in [-0.05, 0) is 201 Å². The van der Waals surface area contributed by atoms with Crippen molar-refractivity contribution in [3.05, 3.63) is 287 Å². The van der Waals surface area contributed by atoms with E-state index in [1.54, 1.807) is 20.8 Å². The van der Waals surface area contributed by atoms with Gasteiger partial charge in [0.25, 0.3) is 0 Å². The van der Waals surface area contributed by atoms with Gasteiger partial charge in [0.2, 0.25) is 0 Å². The number of halogens is 14. The molecule has 0 fully saturated rings. The van der Waals surface area contributed by atoms with Gasteiger partial charge in [-0.25, -0.2) is 0 Å². The second kappa shape index (κ2) is 76.0. The second-order valence-corrected chi connectivity index (χ2v) is 93.4. The van der Waals surface area contributed by atoms with Gasteiger partial charge in [-0.3, -0.25) is 16.0 Å². The fourth-order valence-electron chi connectivity index (χ4n) is 22.1. The molecule has 2 radical (unpaired) electrons. The van der Waals surface area contributed by atoms with Crippen molar-refractivity contribution in [1.29, 1.82) is 1.12 Å². The Balaban J connectivity index is 0.000000428. The van der Waals surface area contributed by atoms with Crippen molar-refractivity contribution >= 4 is 368 Å². The van der Waals surface area contributed by atoms with Gasteiger partial charge in [0.15, 0.2) is 7.57 Å². The van der Waals surface area contributed by atoms with Crippen LogP contribution in [0.15, 0.2) is 243 Å². The third-order valence-electron chi connectivity index (χ3n) is 27.5. The first-order valence-corrected chi connectivity index (χ1v) is 95.3. The summed E-state index contributed by atoms with van der Waals surface area (Å²) in [5, 5.41) is 19.2. The Morgan fingerprint density at radius 3 is 0.564 bits per heavy atom. The van der Waals surface area contributed by atoms with Gasteiger partial charge in [0, 0.05) is 58.6 Å². The summed E-state index contributed by atoms with van der Waals surface area (Å²) in [6, 6.07) is 122. The Hall–Kier alpha value is 3.38. The number of thioether (sulfide) groups is 1. The molecule has 2 aliphatic heterocycles. The molecule has 2 heterocycles. The van der Waals surface area contributed by atoms with E-state index in [0.29, 0.717) is 20.5 Å². The van der Waals surface area contributed by atoms with Crippen LogP contribution in [0.2, 0.25) is 121 Å². The van der Waals surface area contributed by atoms with Crippen LogP contribution in [0.3, 0.4) is 0 Å². The first kappa shape index (κ1) is 125. The minimum atomic E-state index is -2.51. The van der Waals surface area contributed by atoms with Crippen LogP contribution in [-0.2, 0) is 21.8 Å². The molecule has 0 atom stereocenters. The minimum Gasteiger partial charge on any atom is -0.443 e. The fourth-order valence-corrected chi connectivity index (χ4v) is 65.8. The molecule has 0 bridgehead atoms. The predicted molar refractivity (Wildman–Crippen MR) is 694 cm³/mol. The first-order valence-electron chi connectivity index (χ1n) is 48.0. The maximum absolute atomic E-state index is 6.44. The average Bonchev–Trinajstić information content (AvgIpc) is 1.55. The van der Waals surface area contributed by atoms with Crippen molar-refractivity contribution in [2.45, 2.75) is 231 Å². The Labute approximate surface area is 957 Å². The Kier molecular flexibility index (Phi) is 71.4. The van der Waals surface area contributed by atoms with E-state index in [9.17, 15) is 0 Å². The summed E-state index contributed by atoms with van der Waals surface area (Å²) in [5.74, 6) is 1.30. The average molecular weight is 3050 g/mol. The fraction of sp³-hybridized carbons (Fsp3) is 0.472. The topological polar surface area (TPSA) is 0 Å². The van der Waals surface area contributed by atoms with Gasteiger partial charge in [0.1, 0.15) is 16.1 Å². The molecule has 133 heavy (non-hydrogen) atoms. The van der Waals surface area contributed by atoms with E-state index in [1.807, 2.05) is 11.8 Å². The summed E-state index contributed by atoms with van der Waals surface area (Å²) >= 11 is 54.2. The molecule has 0 aromatic heterocycles. The van der Waals surface area contributed by atoms with Gasteiger partial charge < -0.3 is 10.0 Å². The number of thiol groups is 1. The molecule has 0 saturated heterocycles. The zero-order valence-electron chi connectivity index (χ0n) is 78.6. The van der Waals surface area contributed by atoms with E-state index in [-0.39, 0.29) is 7.43 Å². The molecule has 0 unspecified atom stereocenters. The van der Waals surface area contributed by atoms with Crippen LogP contribution >= 0.6 is 247 Å². The number of benzene rings is 8. The molecular formula is C106H146BBr11I3P3S3Si6-2. The molecule has 0 N–H and O–H groups in total. The quantitative estimate of drug-likeness (QED) is 0.00709. The number of allylic oxidation sites excluding steroid dienone is 4. The van der Waals surface area contributed by atoms with Crippen LogP contribution < -0.4 is 13.3 Å². The molecule has 0 amide bonds. The van der Waals surface area contributed by atoms with E-state index in [0.717, 1.165) is 58.6 Å². The van der Waals surface area contributed by atoms with Crippen molar-refractivity contribution < 1.29 is 13.3 Å². The Morgan fingerprint density at radius 1 is 0.301 bits per heavy atom. The molecule has 730 valence electrons. The van der Waals surface area contributed by atoms with Gasteiger partial charge in [-0.1, -0.05) is 567 Å². The van der Waals surface area contributed by atoms with Gasteiger partial charge in [-0.15, -0.1) is 1.12 Å². The number of rotatable bonds is 61. The van der Waals surface area contributed by atoms with Gasteiger partial charge >= 0.3 is 50.5 Å². The van der Waals surface area contributed by atoms with Crippen LogP contribution in [0.5, 0.6) is 0 Å². The molecular weight excluding hydrogens is 2900 g/mol. The third-order valence-corrected chi connectivity index (χ3v) is 67.8. The van der Waals surface area contributed by atoms with E-state index in [1.165, 1.54) is 296 Å². The molecule has 2 aliphatic rings. The molecule has 0 spiro atoms. The summed E-state index contributed by atoms with van der Waals surface area (Å²) in [6.45, 7) is 0. The zero-order valence-corrected chi connectivity index (χ0v) is 113. The largest absolute Gasteiger partial charge is 0.443 e. The first-order chi connectivity index (χ1) is 65.0. The van der Waals surface area contributed by atoms with Crippen molar-refractivity contribution in [3.63, 3.8) is 0 Å². The summed E-state index contributed by atoms with van der Waals surface area (Å²) < 4.78 is 6.44. The Bertz CT molecular complexity index is 4360. The van der Waals surface area contributed by atoms with Crippen molar-refractivity contribution in [1.82, 2.24) is 0 Å². The zero-order chi connectivity index (χ0) is 96.2. The van der Waals surface area contributed by atoms with E-state index >= 15 is 0 Å². The van der Waals surface area contributed by atoms with Crippen LogP contribution in [0.25, 0.3) is 43.1 Å². The van der Waals surface area contributed by atoms with Crippen LogP contribution in [0.4, 0.5) is 0 Å². The van der Waals surface area contributed by atoms with Crippen LogP contribution in [0, 0.1) is 0 Å². The summed E-state index contributed by atoms with van der Waals surface area (Å²) in [7, 11) is -0.697. The molecule has 10 rings (SSSR count). The van der Waals surface area contributed by atoms with Crippen molar-refractivity contribution in [2.75, 3.05) is 70.6 Å². The predicted octanol–water partition coefficient (Wildman–Crippen LogP) is 39.0. The van der Waals surface area contributed by atoms with Crippen molar-refractivity contribution in [2.24, 2.45) is 0 Å². The molecule has 0 aliphatic carbocycles. The minimum absolute atomic E-state index is 0. The normalized spacial score (nSPS) is 13.8. The standard InChI is InChI=1S/C53H71Br5SSi3.C52H68Br6Si3.CH4.BPS.I3.H3P2S/c1-59-35-19-41-61(39-17-33-57,40-18-34-58)43-21-45-62(44-20-42-60(36-14-30-54,37-15-31-55)38-16-32-56)52(48-26-10-4-11-27-48)50(46-22-6-2-7-23-46)51(47-24-8-3-9-25-47)53(62)49-28-12-5-13-29-49;53-29-13-35-59(36-14-30-54,37-15-31-55)41-19-43-61(44-20-42-60(38-16-32-56,39-17-33-57)40-18-34-58)51(47-25-9-3-10-26-47)49(45-21-5-1-6-22-45)50(46-23-7-2-8-24-46)52(61)48-27-11-4-12-28-48;;1-2-3;2*1-3-2/h2-13,22-29H,14-21,30-45H2,1H3;1-12,21-28H,13-20,29-44H2;1H4;;;1-3H/q;;;;2*-1/i;;;;;3T. The monoisotopic (exact) mass is 3040 g/mol. The number of alkyl halides is 11. The molecule has 0 saturated carbocycles. The third kappa shape index (κ3) is 41.7. The van der Waals surface area contributed by atoms with Crippen LogP contribution in [0.1, 0.15) is 155 Å². The molecule has 0 nitrogen and oxygen atoms in total. The van der Waals surface area contributed by atoms with Gasteiger partial charge in [0.05, 0.1) is 32.3 Å². The number of hydrogen-bond acceptors (Lipinski definition) is 3. The van der Waals surface area contributed by atoms with Gasteiger partial charge in [-0.2, -0.15) is 11.8 Å². The SMILES string of the molecule is BrCCC[Si](CCCBr)(CCCBr)CCC[Si]1(CCC[Si](CCCBr)(CCCBr)CCCBr)C(c2ccccc2)=C(c2ccccc2)C(c2ccccc2)=C1c1ccccc1.C.CSCCC[Si](CCCBr)(CCCBr)CCC[Si]1(CCC[Si](CCCBr)(CCCBr)CCCBr)C(c2ccccc2)=C(c2ccccc2)C(c2ccccc2)=C1c1ccccc1.I[I-]I.[3H][S-](=P)=P.[B]P=S. The molecule has 27 heteroatoms. The van der Waals surface area contributed by atoms with E-state index in [4.69, 9.17) is 1.12 Å². The maximum Gasteiger partial charge on any atom is 0.167 e. The summed E-state index contributed by atoms with van der Waals surface area (Å²) in [6.07, 6.45) is 23.5. The van der Waals surface area contributed by atoms with E-state index in [2.05, 4.69) is 497 Å². The smallest absolute Gasteiger partial charge is 0.167 e. The van der Waals surface area contributed by atoms with Crippen molar-refractivity contribution in [3.8, 4) is 0 Å². The number of hydrogen-bond donors (Lipinski definition) is 0. The molecule has 8 aromatic rings. The second-order valence-electron chi connectivity index (χ2n) is 35.6.